The summed E-state index contributed by atoms with van der Waals surface area (Å²) in [6, 6.07) is 10.3. The van der Waals surface area contributed by atoms with Gasteiger partial charge in [0.1, 0.15) is 0 Å². The zero-order valence-electron chi connectivity index (χ0n) is 19.2. The lowest BCUT2D eigenvalue weighted by Gasteiger charge is -2.64. The van der Waals surface area contributed by atoms with Gasteiger partial charge in [-0.3, -0.25) is 4.79 Å². The van der Waals surface area contributed by atoms with E-state index in [1.807, 2.05) is 6.07 Å². The van der Waals surface area contributed by atoms with Crippen molar-refractivity contribution in [1.29, 1.82) is 0 Å². The van der Waals surface area contributed by atoms with Crippen molar-refractivity contribution in [2.24, 2.45) is 34.0 Å². The molecule has 0 saturated heterocycles. The number of ketones is 1. The van der Waals surface area contributed by atoms with Gasteiger partial charge >= 0.3 is 0 Å². The highest BCUT2D eigenvalue weighted by Gasteiger charge is 2.65. The van der Waals surface area contributed by atoms with Gasteiger partial charge < -0.3 is 5.11 Å². The molecule has 2 heteroatoms. The maximum atomic E-state index is 13.2. The fraction of sp³-hybridized carbons (Fsp3) is 0.679. The Balaban J connectivity index is 1.50. The van der Waals surface area contributed by atoms with Crippen LogP contribution < -0.4 is 0 Å². The molecule has 5 rings (SSSR count). The number of aliphatic hydroxyl groups is 1. The Kier molecular flexibility index (Phi) is 4.47. The summed E-state index contributed by atoms with van der Waals surface area (Å²) in [7, 11) is 0. The van der Waals surface area contributed by atoms with Crippen LogP contribution in [0.2, 0.25) is 0 Å². The summed E-state index contributed by atoms with van der Waals surface area (Å²) in [5, 5.41) is 11.2. The van der Waals surface area contributed by atoms with E-state index in [0.29, 0.717) is 30.0 Å². The molecule has 0 amide bonds. The molecular formula is C28H38O2. The SMILES string of the molecule is C[C@@]12CC[C@@H]3[C@@H](CC[C@]4(C)[C@H]3CC[C@]4(C)O)[C@]1(C)C/C(=C\c1ccccc1)C(=O)C2. The maximum absolute atomic E-state index is 13.2. The van der Waals surface area contributed by atoms with Crippen LogP contribution in [0.25, 0.3) is 6.08 Å². The van der Waals surface area contributed by atoms with E-state index in [9.17, 15) is 9.90 Å². The molecule has 1 N–H and O–H groups in total. The van der Waals surface area contributed by atoms with Crippen molar-refractivity contribution in [3.8, 4) is 0 Å². The first kappa shape index (κ1) is 20.5. The molecule has 0 bridgehead atoms. The first-order chi connectivity index (χ1) is 14.1. The van der Waals surface area contributed by atoms with Crippen LogP contribution >= 0.6 is 0 Å². The fourth-order valence-corrected chi connectivity index (χ4v) is 8.42. The number of allylic oxidation sites excluding steroid dienone is 1. The molecule has 162 valence electrons. The number of hydrogen-bond donors (Lipinski definition) is 1. The van der Waals surface area contributed by atoms with Gasteiger partial charge in [0.2, 0.25) is 0 Å². The largest absolute Gasteiger partial charge is 0.390 e. The van der Waals surface area contributed by atoms with E-state index in [4.69, 9.17) is 0 Å². The maximum Gasteiger partial charge on any atom is 0.159 e. The van der Waals surface area contributed by atoms with Crippen molar-refractivity contribution in [3.63, 3.8) is 0 Å². The molecule has 4 saturated carbocycles. The van der Waals surface area contributed by atoms with Crippen molar-refractivity contribution in [1.82, 2.24) is 0 Å². The molecule has 7 atom stereocenters. The molecule has 0 spiro atoms. The lowest BCUT2D eigenvalue weighted by Crippen LogP contribution is -2.59. The predicted molar refractivity (Wildman–Crippen MR) is 122 cm³/mol. The van der Waals surface area contributed by atoms with E-state index in [1.54, 1.807) is 0 Å². The van der Waals surface area contributed by atoms with Gasteiger partial charge in [-0.1, -0.05) is 51.1 Å². The van der Waals surface area contributed by atoms with Crippen molar-refractivity contribution in [2.45, 2.75) is 84.7 Å². The molecule has 0 unspecified atom stereocenters. The summed E-state index contributed by atoms with van der Waals surface area (Å²) in [6.07, 6.45) is 10.6. The second-order valence-electron chi connectivity index (χ2n) is 12.0. The van der Waals surface area contributed by atoms with Crippen molar-refractivity contribution < 1.29 is 9.90 Å². The normalized spacial score (nSPS) is 49.4. The van der Waals surface area contributed by atoms with Crippen LogP contribution in [-0.2, 0) is 4.79 Å². The van der Waals surface area contributed by atoms with E-state index in [2.05, 4.69) is 58.0 Å². The van der Waals surface area contributed by atoms with E-state index in [-0.39, 0.29) is 16.2 Å². The molecule has 30 heavy (non-hydrogen) atoms. The van der Waals surface area contributed by atoms with Gasteiger partial charge in [-0.2, -0.15) is 0 Å². The molecule has 4 aliphatic carbocycles. The van der Waals surface area contributed by atoms with Crippen molar-refractivity contribution in [3.05, 3.63) is 41.5 Å². The van der Waals surface area contributed by atoms with E-state index in [0.717, 1.165) is 36.8 Å². The quantitative estimate of drug-likeness (QED) is 0.545. The molecule has 4 aliphatic rings. The van der Waals surface area contributed by atoms with E-state index >= 15 is 0 Å². The highest BCUT2D eigenvalue weighted by atomic mass is 16.3. The number of rotatable bonds is 1. The third-order valence-electron chi connectivity index (χ3n) is 10.8. The van der Waals surface area contributed by atoms with Gasteiger partial charge in [0.25, 0.3) is 0 Å². The molecule has 0 aliphatic heterocycles. The minimum atomic E-state index is -0.523. The first-order valence-corrected chi connectivity index (χ1v) is 12.1. The van der Waals surface area contributed by atoms with Gasteiger partial charge in [-0.25, -0.2) is 0 Å². The van der Waals surface area contributed by atoms with Gasteiger partial charge in [-0.05, 0) is 103 Å². The molecule has 4 fully saturated rings. The molecular weight excluding hydrogens is 368 g/mol. The number of hydrogen-bond acceptors (Lipinski definition) is 2. The second-order valence-corrected chi connectivity index (χ2v) is 12.0. The first-order valence-electron chi connectivity index (χ1n) is 12.1. The molecule has 0 aromatic heterocycles. The number of fused-ring (bicyclic) bond motifs is 5. The summed E-state index contributed by atoms with van der Waals surface area (Å²) in [5.74, 6) is 2.35. The minimum Gasteiger partial charge on any atom is -0.390 e. The van der Waals surface area contributed by atoms with Crippen LogP contribution in [-0.4, -0.2) is 16.5 Å². The van der Waals surface area contributed by atoms with Crippen molar-refractivity contribution in [2.75, 3.05) is 0 Å². The molecule has 1 aromatic carbocycles. The summed E-state index contributed by atoms with van der Waals surface area (Å²) in [4.78, 5) is 13.2. The van der Waals surface area contributed by atoms with Crippen LogP contribution in [0.4, 0.5) is 0 Å². The van der Waals surface area contributed by atoms with Crippen LogP contribution in [0, 0.1) is 34.0 Å². The molecule has 2 nitrogen and oxygen atoms in total. The van der Waals surface area contributed by atoms with E-state index in [1.165, 1.54) is 19.3 Å². The summed E-state index contributed by atoms with van der Waals surface area (Å²) >= 11 is 0. The predicted octanol–water partition coefficient (Wildman–Crippen LogP) is 6.43. The number of Topliss-reactive ketones (excluding diaryl/α,β-unsaturated/α-hetero) is 1. The highest BCUT2D eigenvalue weighted by molar-refractivity contribution is 6.01. The topological polar surface area (TPSA) is 37.3 Å². The third kappa shape index (κ3) is 2.68. The Hall–Kier alpha value is -1.41. The van der Waals surface area contributed by atoms with Gasteiger partial charge in [0, 0.05) is 6.42 Å². The van der Waals surface area contributed by atoms with Crippen LogP contribution in [0.15, 0.2) is 35.9 Å². The summed E-state index contributed by atoms with van der Waals surface area (Å²) < 4.78 is 0. The Morgan fingerprint density at radius 1 is 0.867 bits per heavy atom. The smallest absolute Gasteiger partial charge is 0.159 e. The highest BCUT2D eigenvalue weighted by Crippen LogP contribution is 2.71. The zero-order valence-corrected chi connectivity index (χ0v) is 19.2. The Bertz CT molecular complexity index is 883. The number of carbonyl (C=O) groups is 1. The minimum absolute atomic E-state index is 0.0610. The van der Waals surface area contributed by atoms with E-state index < -0.39 is 5.60 Å². The Morgan fingerprint density at radius 3 is 2.27 bits per heavy atom. The number of carbonyl (C=O) groups excluding carboxylic acids is 1. The van der Waals surface area contributed by atoms with Crippen LogP contribution in [0.5, 0.6) is 0 Å². The number of benzene rings is 1. The zero-order chi connectivity index (χ0) is 21.4. The van der Waals surface area contributed by atoms with Gasteiger partial charge in [0.15, 0.2) is 5.78 Å². The third-order valence-corrected chi connectivity index (χ3v) is 10.8. The Labute approximate surface area is 182 Å². The monoisotopic (exact) mass is 406 g/mol. The summed E-state index contributed by atoms with van der Waals surface area (Å²) in [5.41, 5.74) is 1.99. The van der Waals surface area contributed by atoms with Crippen LogP contribution in [0.1, 0.15) is 84.6 Å². The van der Waals surface area contributed by atoms with Gasteiger partial charge in [-0.15, -0.1) is 0 Å². The molecule has 0 radical (unpaired) electrons. The standard InChI is InChI=1S/C28H38O2/c1-25-13-10-21-22-12-15-28(4,30)26(22,2)14-11-23(21)27(25,3)17-20(24(29)18-25)16-19-8-6-5-7-9-19/h5-9,16,21-23,30H,10-15,17-18H2,1-4H3/b20-16+/t21-,22-,23+,25-,26+,27-,28-/m0/s1. The Morgan fingerprint density at radius 2 is 1.53 bits per heavy atom. The molecule has 0 heterocycles. The lowest BCUT2D eigenvalue weighted by atomic mass is 9.40. The fourth-order valence-electron chi connectivity index (χ4n) is 8.42. The summed E-state index contributed by atoms with van der Waals surface area (Å²) in [6.45, 7) is 9.36. The van der Waals surface area contributed by atoms with Crippen molar-refractivity contribution >= 4 is 11.9 Å². The molecule has 1 aromatic rings. The van der Waals surface area contributed by atoms with Gasteiger partial charge in [0.05, 0.1) is 5.60 Å². The average molecular weight is 407 g/mol. The average Bonchev–Trinajstić information content (AvgIpc) is 2.94. The van der Waals surface area contributed by atoms with Crippen LogP contribution in [0.3, 0.4) is 0 Å². The second kappa shape index (κ2) is 6.55. The lowest BCUT2D eigenvalue weighted by molar-refractivity contribution is -0.169.